The highest BCUT2D eigenvalue weighted by atomic mass is 35.5. The minimum atomic E-state index is -0.813. The number of hydrogen-bond acceptors (Lipinski definition) is 6. The third-order valence-electron chi connectivity index (χ3n) is 5.19. The van der Waals surface area contributed by atoms with Crippen LogP contribution in [0.1, 0.15) is 30.5 Å². The Morgan fingerprint density at radius 3 is 2.41 bits per heavy atom. The first-order valence-corrected chi connectivity index (χ1v) is 10.0. The zero-order valence-electron chi connectivity index (χ0n) is 17.2. The number of aromatic nitrogens is 2. The Bertz CT molecular complexity index is 1330. The van der Waals surface area contributed by atoms with Crippen molar-refractivity contribution in [2.45, 2.75) is 19.4 Å². The van der Waals surface area contributed by atoms with E-state index in [1.54, 1.807) is 43.5 Å². The molecule has 0 saturated carbocycles. The van der Waals surface area contributed by atoms with Gasteiger partial charge in [0.25, 0.3) is 5.56 Å². The van der Waals surface area contributed by atoms with Gasteiger partial charge in [0.2, 0.25) is 11.8 Å². The van der Waals surface area contributed by atoms with Gasteiger partial charge in [-0.05, 0) is 42.0 Å². The zero-order valence-corrected chi connectivity index (χ0v) is 18.0. The van der Waals surface area contributed by atoms with Crippen molar-refractivity contribution in [1.29, 1.82) is 0 Å². The number of hydrogen-bond donors (Lipinski definition) is 2. The van der Waals surface area contributed by atoms with Crippen LogP contribution >= 0.6 is 11.6 Å². The van der Waals surface area contributed by atoms with E-state index in [4.69, 9.17) is 16.3 Å². The largest absolute Gasteiger partial charge is 0.497 e. The molecule has 0 aliphatic carbocycles. The molecule has 3 aromatic rings. The van der Waals surface area contributed by atoms with Crippen molar-refractivity contribution < 1.29 is 14.6 Å². The summed E-state index contributed by atoms with van der Waals surface area (Å²) in [5, 5.41) is 16.9. The van der Waals surface area contributed by atoms with E-state index in [1.807, 2.05) is 0 Å². The molecule has 32 heavy (non-hydrogen) atoms. The van der Waals surface area contributed by atoms with Crippen molar-refractivity contribution in [1.82, 2.24) is 14.6 Å². The van der Waals surface area contributed by atoms with E-state index in [0.717, 1.165) is 10.1 Å². The minimum Gasteiger partial charge on any atom is -0.497 e. The molecule has 0 bridgehead atoms. The van der Waals surface area contributed by atoms with Crippen LogP contribution in [0.3, 0.4) is 0 Å². The van der Waals surface area contributed by atoms with Crippen molar-refractivity contribution >= 4 is 23.2 Å². The molecule has 0 saturated heterocycles. The molecular formula is C22H19ClN4O5. The van der Waals surface area contributed by atoms with Gasteiger partial charge in [0.1, 0.15) is 11.3 Å². The molecular weight excluding hydrogens is 436 g/mol. The number of nitrogens with one attached hydrogen (secondary N) is 1. The predicted molar refractivity (Wildman–Crippen MR) is 119 cm³/mol. The van der Waals surface area contributed by atoms with Crippen LogP contribution in [-0.4, -0.2) is 38.4 Å². The number of benzene rings is 2. The van der Waals surface area contributed by atoms with Crippen molar-refractivity contribution in [3.05, 3.63) is 85.5 Å². The quantitative estimate of drug-likeness (QED) is 0.628. The monoisotopic (exact) mass is 454 g/mol. The highest BCUT2D eigenvalue weighted by Gasteiger charge is 2.34. The molecule has 1 aliphatic rings. The van der Waals surface area contributed by atoms with Crippen LogP contribution < -0.4 is 16.0 Å². The number of halogens is 1. The number of aromatic amines is 1. The van der Waals surface area contributed by atoms with Crippen LogP contribution in [0.4, 0.5) is 0 Å². The number of methoxy groups -OCH3 is 1. The molecule has 4 rings (SSSR count). The lowest BCUT2D eigenvalue weighted by molar-refractivity contribution is -0.130. The van der Waals surface area contributed by atoms with Gasteiger partial charge in [-0.3, -0.25) is 14.6 Å². The van der Waals surface area contributed by atoms with Gasteiger partial charge in [0.15, 0.2) is 0 Å². The summed E-state index contributed by atoms with van der Waals surface area (Å²) in [6.07, 6.45) is 0.168. The molecule has 2 heterocycles. The summed E-state index contributed by atoms with van der Waals surface area (Å²) < 4.78 is 6.13. The van der Waals surface area contributed by atoms with Gasteiger partial charge in [-0.15, -0.1) is 0 Å². The zero-order chi connectivity index (χ0) is 23.0. The van der Waals surface area contributed by atoms with Crippen LogP contribution in [0.5, 0.6) is 11.6 Å². The first-order chi connectivity index (χ1) is 15.3. The van der Waals surface area contributed by atoms with E-state index in [2.05, 4.69) is 10.1 Å². The van der Waals surface area contributed by atoms with Crippen molar-refractivity contribution in [3.63, 3.8) is 0 Å². The SMILES string of the molecule is COc1ccc([C@@H]2CC(c3c(O)n(-c4ccc(Cl)cc4)c(=O)[nH]c3=O)=NN2C(C)=O)cc1. The van der Waals surface area contributed by atoms with E-state index in [0.29, 0.717) is 16.5 Å². The van der Waals surface area contributed by atoms with Gasteiger partial charge in [-0.2, -0.15) is 5.10 Å². The summed E-state index contributed by atoms with van der Waals surface area (Å²) in [7, 11) is 1.55. The maximum Gasteiger partial charge on any atom is 0.335 e. The fraction of sp³-hybridized carbons (Fsp3) is 0.182. The molecule has 0 spiro atoms. The Kier molecular flexibility index (Phi) is 5.58. The second-order valence-electron chi connectivity index (χ2n) is 7.17. The first-order valence-electron chi connectivity index (χ1n) is 9.66. The summed E-state index contributed by atoms with van der Waals surface area (Å²) in [6.45, 7) is 1.36. The van der Waals surface area contributed by atoms with Crippen LogP contribution in [0.15, 0.2) is 63.2 Å². The molecule has 1 atom stereocenters. The standard InChI is InChI=1S/C22H19ClN4O5/c1-12(28)27-18(13-3-9-16(32-2)10-4-13)11-17(25-27)19-20(29)24-22(31)26(21(19)30)15-7-5-14(23)6-8-15/h3-10,18,30H,11H2,1-2H3,(H,24,29,31)/t18-/m0/s1. The lowest BCUT2D eigenvalue weighted by atomic mass is 9.99. The molecule has 2 N–H and O–H groups in total. The van der Waals surface area contributed by atoms with E-state index >= 15 is 0 Å². The summed E-state index contributed by atoms with van der Waals surface area (Å²) in [5.74, 6) is -0.243. The van der Waals surface area contributed by atoms with E-state index in [-0.39, 0.29) is 23.6 Å². The highest BCUT2D eigenvalue weighted by Crippen LogP contribution is 2.34. The summed E-state index contributed by atoms with van der Waals surface area (Å²) in [4.78, 5) is 39.5. The fourth-order valence-electron chi connectivity index (χ4n) is 3.65. The maximum absolute atomic E-state index is 12.6. The Balaban J connectivity index is 1.80. The molecule has 1 aromatic heterocycles. The number of carbonyl (C=O) groups is 1. The Morgan fingerprint density at radius 2 is 1.81 bits per heavy atom. The average molecular weight is 455 g/mol. The lowest BCUT2D eigenvalue weighted by Crippen LogP contribution is -2.33. The number of aromatic hydroxyl groups is 1. The average Bonchev–Trinajstić information content (AvgIpc) is 3.20. The van der Waals surface area contributed by atoms with E-state index < -0.39 is 23.2 Å². The van der Waals surface area contributed by atoms with Crippen molar-refractivity contribution in [2.75, 3.05) is 7.11 Å². The number of nitrogens with zero attached hydrogens (tertiary/aromatic N) is 3. The van der Waals surface area contributed by atoms with E-state index in [1.165, 1.54) is 24.1 Å². The molecule has 1 amide bonds. The van der Waals surface area contributed by atoms with Crippen LogP contribution in [-0.2, 0) is 4.79 Å². The highest BCUT2D eigenvalue weighted by molar-refractivity contribution is 6.30. The first kappa shape index (κ1) is 21.4. The Labute approximate surface area is 187 Å². The lowest BCUT2D eigenvalue weighted by Gasteiger charge is -2.20. The summed E-state index contributed by atoms with van der Waals surface area (Å²) in [6, 6.07) is 12.8. The Hall–Kier alpha value is -3.85. The van der Waals surface area contributed by atoms with Gasteiger partial charge in [0, 0.05) is 18.4 Å². The van der Waals surface area contributed by atoms with E-state index in [9.17, 15) is 19.5 Å². The summed E-state index contributed by atoms with van der Waals surface area (Å²) >= 11 is 5.91. The smallest absolute Gasteiger partial charge is 0.335 e. The number of amides is 1. The maximum atomic E-state index is 12.6. The topological polar surface area (TPSA) is 117 Å². The third kappa shape index (κ3) is 3.78. The normalized spacial score (nSPS) is 15.5. The van der Waals surface area contributed by atoms with Crippen molar-refractivity contribution in [3.8, 4) is 17.3 Å². The van der Waals surface area contributed by atoms with Gasteiger partial charge in [-0.25, -0.2) is 14.4 Å². The molecule has 9 nitrogen and oxygen atoms in total. The predicted octanol–water partition coefficient (Wildman–Crippen LogP) is 2.59. The fourth-order valence-corrected chi connectivity index (χ4v) is 3.78. The van der Waals surface area contributed by atoms with Gasteiger partial charge in [-0.1, -0.05) is 23.7 Å². The van der Waals surface area contributed by atoms with Crippen LogP contribution in [0, 0.1) is 0 Å². The van der Waals surface area contributed by atoms with Crippen LogP contribution in [0.2, 0.25) is 5.02 Å². The molecule has 0 unspecified atom stereocenters. The second-order valence-corrected chi connectivity index (χ2v) is 7.61. The number of H-pyrrole nitrogens is 1. The molecule has 0 radical (unpaired) electrons. The number of rotatable bonds is 4. The number of carbonyl (C=O) groups excluding carboxylic acids is 1. The summed E-state index contributed by atoms with van der Waals surface area (Å²) in [5.41, 5.74) is -0.517. The van der Waals surface area contributed by atoms with Crippen molar-refractivity contribution in [2.24, 2.45) is 5.10 Å². The van der Waals surface area contributed by atoms with Gasteiger partial charge >= 0.3 is 5.69 Å². The molecule has 2 aromatic carbocycles. The minimum absolute atomic E-state index is 0.168. The number of hydrazone groups is 1. The molecule has 1 aliphatic heterocycles. The Morgan fingerprint density at radius 1 is 1.16 bits per heavy atom. The molecule has 164 valence electrons. The van der Waals surface area contributed by atoms with Crippen LogP contribution in [0.25, 0.3) is 5.69 Å². The second kappa shape index (κ2) is 8.35. The third-order valence-corrected chi connectivity index (χ3v) is 5.44. The molecule has 0 fully saturated rings. The molecule has 10 heteroatoms. The van der Waals surface area contributed by atoms with Gasteiger partial charge in [0.05, 0.1) is 24.6 Å². The van der Waals surface area contributed by atoms with Gasteiger partial charge < -0.3 is 9.84 Å². The number of ether oxygens (including phenoxy) is 1.